The number of ether oxygens (including phenoxy) is 1. The first-order valence-electron chi connectivity index (χ1n) is 5.81. The van der Waals surface area contributed by atoms with E-state index >= 15 is 0 Å². The number of hydrogen-bond acceptors (Lipinski definition) is 2. The fourth-order valence-corrected chi connectivity index (χ4v) is 1.53. The van der Waals surface area contributed by atoms with Crippen molar-refractivity contribution >= 4 is 6.09 Å². The molecule has 3 nitrogen and oxygen atoms in total. The number of carbonyl (C=O) groups is 1. The predicted octanol–water partition coefficient (Wildman–Crippen LogP) is 3.36. The summed E-state index contributed by atoms with van der Waals surface area (Å²) in [4.78, 5) is 11.5. The zero-order chi connectivity index (χ0) is 12.7. The third-order valence-electron chi connectivity index (χ3n) is 2.46. The highest BCUT2D eigenvalue weighted by atomic mass is 16.6. The summed E-state index contributed by atoms with van der Waals surface area (Å²) < 4.78 is 5.30. The van der Waals surface area contributed by atoms with E-state index in [4.69, 9.17) is 4.74 Å². The summed E-state index contributed by atoms with van der Waals surface area (Å²) in [5, 5.41) is 2.68. The molecule has 0 heterocycles. The third kappa shape index (κ3) is 3.94. The van der Waals surface area contributed by atoms with Crippen LogP contribution in [0, 0.1) is 6.92 Å². The summed E-state index contributed by atoms with van der Waals surface area (Å²) >= 11 is 0. The van der Waals surface area contributed by atoms with Gasteiger partial charge in [0, 0.05) is 6.54 Å². The lowest BCUT2D eigenvalue weighted by Gasteiger charge is -2.16. The van der Waals surface area contributed by atoms with Gasteiger partial charge in [-0.05, 0) is 30.5 Å². The number of benzene rings is 1. The maximum Gasteiger partial charge on any atom is 0.408 e. The van der Waals surface area contributed by atoms with Crippen LogP contribution in [0.25, 0.3) is 0 Å². The molecule has 0 spiro atoms. The monoisotopic (exact) mass is 233 g/mol. The smallest absolute Gasteiger partial charge is 0.408 e. The molecule has 0 bridgehead atoms. The maximum atomic E-state index is 11.5. The van der Waals surface area contributed by atoms with Crippen LogP contribution in [0.4, 0.5) is 4.79 Å². The molecule has 1 rings (SSSR count). The van der Waals surface area contributed by atoms with Crippen molar-refractivity contribution < 1.29 is 9.53 Å². The minimum absolute atomic E-state index is 0.395. The lowest BCUT2D eigenvalue weighted by molar-refractivity contribution is 0.120. The largest absolute Gasteiger partial charge is 0.437 e. The summed E-state index contributed by atoms with van der Waals surface area (Å²) in [5.74, 6) is 0. The summed E-state index contributed by atoms with van der Waals surface area (Å²) in [6, 6.07) is 7.80. The molecule has 0 radical (unpaired) electrons. The number of hydrogen-bond donors (Lipinski definition) is 1. The Kier molecular flexibility index (Phi) is 5.27. The minimum atomic E-state index is -0.403. The number of aryl methyl sites for hydroxylation is 1. The van der Waals surface area contributed by atoms with Crippen LogP contribution in [-0.4, -0.2) is 12.6 Å². The first kappa shape index (κ1) is 13.3. The zero-order valence-electron chi connectivity index (χ0n) is 10.4. The van der Waals surface area contributed by atoms with Crippen LogP contribution in [0.1, 0.15) is 30.6 Å². The maximum absolute atomic E-state index is 11.5. The molecule has 1 N–H and O–H groups in total. The minimum Gasteiger partial charge on any atom is -0.437 e. The van der Waals surface area contributed by atoms with Gasteiger partial charge in [-0.15, -0.1) is 0 Å². The van der Waals surface area contributed by atoms with Gasteiger partial charge in [0.25, 0.3) is 0 Å². The average molecular weight is 233 g/mol. The van der Waals surface area contributed by atoms with E-state index in [1.165, 1.54) is 0 Å². The fraction of sp³-hybridized carbons (Fsp3) is 0.357. The SMILES string of the molecule is C=CC(OC(=O)NCCC)c1ccccc1C. The number of rotatable bonds is 5. The number of alkyl carbamates (subject to hydrolysis) is 1. The Hall–Kier alpha value is -1.77. The lowest BCUT2D eigenvalue weighted by Crippen LogP contribution is -2.26. The van der Waals surface area contributed by atoms with Crippen LogP contribution in [0.3, 0.4) is 0 Å². The summed E-state index contributed by atoms with van der Waals surface area (Å²) in [5.41, 5.74) is 2.05. The quantitative estimate of drug-likeness (QED) is 0.792. The Morgan fingerprint density at radius 3 is 2.82 bits per heavy atom. The molecule has 0 aliphatic carbocycles. The highest BCUT2D eigenvalue weighted by Gasteiger charge is 2.14. The van der Waals surface area contributed by atoms with E-state index in [9.17, 15) is 4.79 Å². The van der Waals surface area contributed by atoms with Crippen molar-refractivity contribution in [3.8, 4) is 0 Å². The molecule has 0 fully saturated rings. The molecule has 1 amide bonds. The van der Waals surface area contributed by atoms with Crippen LogP contribution in [-0.2, 0) is 4.74 Å². The first-order chi connectivity index (χ1) is 8.19. The fourth-order valence-electron chi connectivity index (χ4n) is 1.53. The van der Waals surface area contributed by atoms with E-state index in [-0.39, 0.29) is 0 Å². The molecule has 17 heavy (non-hydrogen) atoms. The van der Waals surface area contributed by atoms with E-state index in [0.717, 1.165) is 17.5 Å². The molecular weight excluding hydrogens is 214 g/mol. The van der Waals surface area contributed by atoms with Crippen molar-refractivity contribution in [2.75, 3.05) is 6.54 Å². The Morgan fingerprint density at radius 1 is 1.53 bits per heavy atom. The van der Waals surface area contributed by atoms with Crippen molar-refractivity contribution in [1.29, 1.82) is 0 Å². The van der Waals surface area contributed by atoms with E-state index in [1.54, 1.807) is 6.08 Å². The lowest BCUT2D eigenvalue weighted by atomic mass is 10.0. The molecule has 1 aromatic rings. The van der Waals surface area contributed by atoms with Gasteiger partial charge >= 0.3 is 6.09 Å². The standard InChI is InChI=1S/C14H19NO2/c1-4-10-15-14(16)17-13(5-2)12-9-7-6-8-11(12)3/h5-9,13H,2,4,10H2,1,3H3,(H,15,16). The first-order valence-corrected chi connectivity index (χ1v) is 5.81. The van der Waals surface area contributed by atoms with Gasteiger partial charge in [-0.25, -0.2) is 4.79 Å². The van der Waals surface area contributed by atoms with Crippen LogP contribution in [0.5, 0.6) is 0 Å². The van der Waals surface area contributed by atoms with E-state index in [0.29, 0.717) is 6.54 Å². The topological polar surface area (TPSA) is 38.3 Å². The Balaban J connectivity index is 2.69. The van der Waals surface area contributed by atoms with Crippen LogP contribution in [0.15, 0.2) is 36.9 Å². The number of nitrogens with one attached hydrogen (secondary N) is 1. The molecule has 92 valence electrons. The predicted molar refractivity (Wildman–Crippen MR) is 68.9 cm³/mol. The second-order valence-corrected chi connectivity index (χ2v) is 3.84. The third-order valence-corrected chi connectivity index (χ3v) is 2.46. The molecule has 1 unspecified atom stereocenters. The van der Waals surface area contributed by atoms with Gasteiger partial charge < -0.3 is 10.1 Å². The Morgan fingerprint density at radius 2 is 2.24 bits per heavy atom. The van der Waals surface area contributed by atoms with Crippen molar-refractivity contribution in [1.82, 2.24) is 5.32 Å². The van der Waals surface area contributed by atoms with Gasteiger partial charge in [0.2, 0.25) is 0 Å². The molecule has 3 heteroatoms. The molecule has 0 aliphatic heterocycles. The second kappa shape index (κ2) is 6.74. The Labute approximate surface area is 102 Å². The van der Waals surface area contributed by atoms with Crippen LogP contribution in [0.2, 0.25) is 0 Å². The van der Waals surface area contributed by atoms with Crippen molar-refractivity contribution in [3.63, 3.8) is 0 Å². The molecular formula is C14H19NO2. The molecule has 1 aromatic carbocycles. The summed E-state index contributed by atoms with van der Waals surface area (Å²) in [7, 11) is 0. The molecule has 0 aromatic heterocycles. The highest BCUT2D eigenvalue weighted by molar-refractivity contribution is 5.67. The normalized spacial score (nSPS) is 11.6. The number of carbonyl (C=O) groups excluding carboxylic acids is 1. The summed E-state index contributed by atoms with van der Waals surface area (Å²) in [6.45, 7) is 8.31. The van der Waals surface area contributed by atoms with Crippen LogP contribution < -0.4 is 5.32 Å². The van der Waals surface area contributed by atoms with E-state index < -0.39 is 12.2 Å². The van der Waals surface area contributed by atoms with Gasteiger partial charge in [-0.2, -0.15) is 0 Å². The molecule has 0 saturated carbocycles. The van der Waals surface area contributed by atoms with Crippen molar-refractivity contribution in [2.45, 2.75) is 26.4 Å². The molecule has 1 atom stereocenters. The van der Waals surface area contributed by atoms with Crippen molar-refractivity contribution in [2.24, 2.45) is 0 Å². The van der Waals surface area contributed by atoms with Gasteiger partial charge in [0.1, 0.15) is 6.10 Å². The van der Waals surface area contributed by atoms with Gasteiger partial charge in [0.15, 0.2) is 0 Å². The van der Waals surface area contributed by atoms with Gasteiger partial charge in [-0.1, -0.05) is 37.8 Å². The zero-order valence-corrected chi connectivity index (χ0v) is 10.4. The van der Waals surface area contributed by atoms with Crippen molar-refractivity contribution in [3.05, 3.63) is 48.0 Å². The van der Waals surface area contributed by atoms with E-state index in [1.807, 2.05) is 38.1 Å². The highest BCUT2D eigenvalue weighted by Crippen LogP contribution is 2.21. The van der Waals surface area contributed by atoms with E-state index in [2.05, 4.69) is 11.9 Å². The summed E-state index contributed by atoms with van der Waals surface area (Å²) in [6.07, 6.45) is 1.72. The second-order valence-electron chi connectivity index (χ2n) is 3.84. The molecule has 0 saturated heterocycles. The number of amides is 1. The Bertz CT molecular complexity index is 388. The molecule has 0 aliphatic rings. The van der Waals surface area contributed by atoms with Crippen LogP contribution >= 0.6 is 0 Å². The van der Waals surface area contributed by atoms with Gasteiger partial charge in [-0.3, -0.25) is 0 Å². The average Bonchev–Trinajstić information content (AvgIpc) is 2.34. The van der Waals surface area contributed by atoms with Gasteiger partial charge in [0.05, 0.1) is 0 Å².